The second-order valence-corrected chi connectivity index (χ2v) is 3.59. The van der Waals surface area contributed by atoms with Gasteiger partial charge in [0.15, 0.2) is 0 Å². The fourth-order valence-corrected chi connectivity index (χ4v) is 1.13. The monoisotopic (exact) mass is 182 g/mol. The van der Waals surface area contributed by atoms with Crippen molar-refractivity contribution in [3.63, 3.8) is 0 Å². The SMILES string of the molecule is CC[C@@](C)(O)c1ccc(C)c(F)c1. The van der Waals surface area contributed by atoms with Crippen LogP contribution in [-0.2, 0) is 5.60 Å². The van der Waals surface area contributed by atoms with Crippen molar-refractivity contribution in [3.8, 4) is 0 Å². The standard InChI is InChI=1S/C11H15FO/c1-4-11(3,13)9-6-5-8(2)10(12)7-9/h5-7,13H,4H2,1-3H3/t11-/m1/s1. The quantitative estimate of drug-likeness (QED) is 0.745. The van der Waals surface area contributed by atoms with Crippen LogP contribution >= 0.6 is 0 Å². The first kappa shape index (κ1) is 10.2. The molecule has 1 rings (SSSR count). The van der Waals surface area contributed by atoms with Crippen LogP contribution in [0.25, 0.3) is 0 Å². The van der Waals surface area contributed by atoms with Crippen LogP contribution in [0.3, 0.4) is 0 Å². The van der Waals surface area contributed by atoms with E-state index in [0.29, 0.717) is 17.5 Å². The predicted octanol–water partition coefficient (Wildman–Crippen LogP) is 2.75. The number of hydrogen-bond acceptors (Lipinski definition) is 1. The van der Waals surface area contributed by atoms with Crippen LogP contribution in [0.2, 0.25) is 0 Å². The Hall–Kier alpha value is -0.890. The molecule has 0 amide bonds. The van der Waals surface area contributed by atoms with Gasteiger partial charge in [-0.3, -0.25) is 0 Å². The molecule has 13 heavy (non-hydrogen) atoms. The van der Waals surface area contributed by atoms with E-state index in [2.05, 4.69) is 0 Å². The van der Waals surface area contributed by atoms with Gasteiger partial charge in [0.25, 0.3) is 0 Å². The van der Waals surface area contributed by atoms with Crippen LogP contribution in [0, 0.1) is 12.7 Å². The maximum Gasteiger partial charge on any atom is 0.126 e. The molecule has 0 spiro atoms. The molecule has 0 unspecified atom stereocenters. The first-order valence-corrected chi connectivity index (χ1v) is 4.46. The highest BCUT2D eigenvalue weighted by molar-refractivity contribution is 5.27. The summed E-state index contributed by atoms with van der Waals surface area (Å²) in [6, 6.07) is 4.86. The Bertz CT molecular complexity index is 305. The molecule has 72 valence electrons. The van der Waals surface area contributed by atoms with E-state index in [0.717, 1.165) is 0 Å². The Morgan fingerprint density at radius 1 is 1.46 bits per heavy atom. The van der Waals surface area contributed by atoms with Crippen LogP contribution < -0.4 is 0 Å². The van der Waals surface area contributed by atoms with Gasteiger partial charge >= 0.3 is 0 Å². The van der Waals surface area contributed by atoms with Crippen LogP contribution in [0.1, 0.15) is 31.4 Å². The van der Waals surface area contributed by atoms with Crippen molar-refractivity contribution < 1.29 is 9.50 Å². The smallest absolute Gasteiger partial charge is 0.126 e. The third-order valence-electron chi connectivity index (χ3n) is 2.48. The highest BCUT2D eigenvalue weighted by Gasteiger charge is 2.20. The molecular formula is C11H15FO. The van der Waals surface area contributed by atoms with E-state index in [-0.39, 0.29) is 5.82 Å². The molecule has 0 heterocycles. The first-order chi connectivity index (χ1) is 5.97. The summed E-state index contributed by atoms with van der Waals surface area (Å²) in [6.07, 6.45) is 0.579. The van der Waals surface area contributed by atoms with E-state index in [9.17, 15) is 9.50 Å². The van der Waals surface area contributed by atoms with E-state index in [1.165, 1.54) is 6.07 Å². The second kappa shape index (κ2) is 3.46. The van der Waals surface area contributed by atoms with Crippen LogP contribution in [-0.4, -0.2) is 5.11 Å². The van der Waals surface area contributed by atoms with Crippen molar-refractivity contribution in [2.75, 3.05) is 0 Å². The van der Waals surface area contributed by atoms with E-state index in [1.54, 1.807) is 26.0 Å². The summed E-state index contributed by atoms with van der Waals surface area (Å²) in [5, 5.41) is 9.84. The third kappa shape index (κ3) is 2.07. The molecule has 1 aromatic rings. The van der Waals surface area contributed by atoms with Gasteiger partial charge in [0, 0.05) is 0 Å². The molecule has 0 saturated heterocycles. The number of hydrogen-bond donors (Lipinski definition) is 1. The van der Waals surface area contributed by atoms with Crippen molar-refractivity contribution in [1.29, 1.82) is 0 Å². The first-order valence-electron chi connectivity index (χ1n) is 4.46. The Balaban J connectivity index is 3.10. The predicted molar refractivity (Wildman–Crippen MR) is 51.0 cm³/mol. The molecule has 0 aliphatic carbocycles. The molecule has 1 atom stereocenters. The molecule has 0 bridgehead atoms. The number of rotatable bonds is 2. The summed E-state index contributed by atoms with van der Waals surface area (Å²) < 4.78 is 13.1. The second-order valence-electron chi connectivity index (χ2n) is 3.59. The van der Waals surface area contributed by atoms with Gasteiger partial charge < -0.3 is 5.11 Å². The molecule has 0 aliphatic rings. The van der Waals surface area contributed by atoms with Crippen molar-refractivity contribution in [2.24, 2.45) is 0 Å². The van der Waals surface area contributed by atoms with Gasteiger partial charge in [0.2, 0.25) is 0 Å². The molecule has 2 heteroatoms. The van der Waals surface area contributed by atoms with Gasteiger partial charge in [0.1, 0.15) is 5.82 Å². The third-order valence-corrected chi connectivity index (χ3v) is 2.48. The number of aliphatic hydroxyl groups is 1. The lowest BCUT2D eigenvalue weighted by atomic mass is 9.93. The highest BCUT2D eigenvalue weighted by Crippen LogP contribution is 2.25. The number of aryl methyl sites for hydroxylation is 1. The Labute approximate surface area is 78.2 Å². The molecular weight excluding hydrogens is 167 g/mol. The van der Waals surface area contributed by atoms with Gasteiger partial charge in [-0.15, -0.1) is 0 Å². The minimum atomic E-state index is -0.922. The van der Waals surface area contributed by atoms with Crippen LogP contribution in [0.5, 0.6) is 0 Å². The van der Waals surface area contributed by atoms with Gasteiger partial charge in [-0.05, 0) is 37.5 Å². The number of halogens is 1. The van der Waals surface area contributed by atoms with Crippen molar-refractivity contribution in [2.45, 2.75) is 32.8 Å². The molecule has 0 saturated carbocycles. The zero-order chi connectivity index (χ0) is 10.1. The largest absolute Gasteiger partial charge is 0.385 e. The Kier molecular flexibility index (Phi) is 2.71. The van der Waals surface area contributed by atoms with Gasteiger partial charge in [-0.25, -0.2) is 4.39 Å². The molecule has 0 aromatic heterocycles. The molecule has 0 radical (unpaired) electrons. The van der Waals surface area contributed by atoms with Crippen LogP contribution in [0.4, 0.5) is 4.39 Å². The van der Waals surface area contributed by atoms with Crippen molar-refractivity contribution in [3.05, 3.63) is 35.1 Å². The lowest BCUT2D eigenvalue weighted by molar-refractivity contribution is 0.0527. The van der Waals surface area contributed by atoms with E-state index < -0.39 is 5.60 Å². The summed E-state index contributed by atoms with van der Waals surface area (Å²) in [6.45, 7) is 5.27. The summed E-state index contributed by atoms with van der Waals surface area (Å²) in [5.41, 5.74) is 0.322. The zero-order valence-corrected chi connectivity index (χ0v) is 8.26. The molecule has 1 nitrogen and oxygen atoms in total. The maximum atomic E-state index is 13.1. The van der Waals surface area contributed by atoms with E-state index in [4.69, 9.17) is 0 Å². The molecule has 0 aliphatic heterocycles. The summed E-state index contributed by atoms with van der Waals surface area (Å²) in [4.78, 5) is 0. The Morgan fingerprint density at radius 2 is 2.08 bits per heavy atom. The minimum absolute atomic E-state index is 0.258. The fraction of sp³-hybridized carbons (Fsp3) is 0.455. The zero-order valence-electron chi connectivity index (χ0n) is 8.26. The Morgan fingerprint density at radius 3 is 2.54 bits per heavy atom. The van der Waals surface area contributed by atoms with Crippen molar-refractivity contribution >= 4 is 0 Å². The van der Waals surface area contributed by atoms with E-state index >= 15 is 0 Å². The summed E-state index contributed by atoms with van der Waals surface area (Å²) >= 11 is 0. The average molecular weight is 182 g/mol. The normalized spacial score (nSPS) is 15.5. The number of benzene rings is 1. The van der Waals surface area contributed by atoms with Gasteiger partial charge in [-0.1, -0.05) is 19.1 Å². The highest BCUT2D eigenvalue weighted by atomic mass is 19.1. The van der Waals surface area contributed by atoms with Crippen LogP contribution in [0.15, 0.2) is 18.2 Å². The maximum absolute atomic E-state index is 13.1. The molecule has 0 fully saturated rings. The summed E-state index contributed by atoms with van der Waals surface area (Å²) in [5.74, 6) is -0.258. The fourth-order valence-electron chi connectivity index (χ4n) is 1.13. The molecule has 1 N–H and O–H groups in total. The van der Waals surface area contributed by atoms with E-state index in [1.807, 2.05) is 6.92 Å². The minimum Gasteiger partial charge on any atom is -0.385 e. The van der Waals surface area contributed by atoms with Crippen molar-refractivity contribution in [1.82, 2.24) is 0 Å². The van der Waals surface area contributed by atoms with Gasteiger partial charge in [0.05, 0.1) is 5.60 Å². The average Bonchev–Trinajstić information content (AvgIpc) is 2.09. The summed E-state index contributed by atoms with van der Waals surface area (Å²) in [7, 11) is 0. The van der Waals surface area contributed by atoms with Gasteiger partial charge in [-0.2, -0.15) is 0 Å². The lowest BCUT2D eigenvalue weighted by Gasteiger charge is -2.22. The lowest BCUT2D eigenvalue weighted by Crippen LogP contribution is -2.19. The molecule has 1 aromatic carbocycles. The topological polar surface area (TPSA) is 20.2 Å².